The fourth-order valence-corrected chi connectivity index (χ4v) is 13.7. The quantitative estimate of drug-likeness (QED) is 0.00673. The highest BCUT2D eigenvalue weighted by Crippen LogP contribution is 2.49. The lowest BCUT2D eigenvalue weighted by molar-refractivity contribution is -0.360. The largest absolute Gasteiger partial charge is 0.472 e. The molecule has 1 aliphatic carbocycles. The number of hydrogen-bond acceptors (Lipinski definition) is 23. The van der Waals surface area contributed by atoms with Crippen molar-refractivity contribution in [1.29, 1.82) is 0 Å². The van der Waals surface area contributed by atoms with E-state index >= 15 is 0 Å². The Bertz CT molecular complexity index is 2290. The van der Waals surface area contributed by atoms with Gasteiger partial charge < -0.3 is 89.1 Å². The van der Waals surface area contributed by atoms with E-state index in [9.17, 15) is 74.9 Å². The molecular weight excluding hydrogens is 1330 g/mol. The second-order valence-corrected chi connectivity index (χ2v) is 29.5. The topological polar surface area (TPSA) is 374 Å². The van der Waals surface area contributed by atoms with E-state index in [1.54, 1.807) is 12.2 Å². The Morgan fingerprint density at radius 3 is 1.27 bits per heavy atom. The molecule has 11 N–H and O–H groups in total. The highest BCUT2D eigenvalue weighted by atomic mass is 31.2. The average molecular weight is 1460 g/mol. The van der Waals surface area contributed by atoms with Gasteiger partial charge >= 0.3 is 25.7 Å². The summed E-state index contributed by atoms with van der Waals surface area (Å²) in [6.45, 7) is 5.58. The number of unbranched alkanes of at least 4 members (excludes halogenated alkanes) is 32. The number of rotatable bonds is 59. The van der Waals surface area contributed by atoms with Crippen LogP contribution in [0, 0.1) is 5.92 Å². The van der Waals surface area contributed by atoms with Crippen LogP contribution in [0.3, 0.4) is 0 Å². The third-order valence-electron chi connectivity index (χ3n) is 19.2. The van der Waals surface area contributed by atoms with Gasteiger partial charge in [-0.05, 0) is 38.0 Å². The van der Waals surface area contributed by atoms with Crippen molar-refractivity contribution in [3.05, 3.63) is 48.6 Å². The standard InChI is InChI=1S/C76H135O24P/c1-5-8-11-14-17-19-21-23-25-27-29-31-33-39-45-50-61(79)93-55-59-64(82)66(84)71(89)76(97-59)99-73-69(87)67(85)68(86)72(98-75-70(88)65(83)63(81)58(52-77)96-75)74(73)100-101(90,91)94-54-57(95-62(80)51-46-41-34-32-30-28-26-24-22-20-18-15-12-9-6-2)53-92-60(78)49-44-40-36-35-38-43-48-56(4)47-42-37-16-13-10-7-3/h33-34,39,41,45-46,50-51,56-59,63-77,81-89H,5-32,35-38,40,42-44,47-49,52-55H2,1-4H3,(H,90,91)/b39-33+,41-34+,50-45+,51-46+. The summed E-state index contributed by atoms with van der Waals surface area (Å²) in [7, 11) is -5.74. The molecule has 19 atom stereocenters. The molecule has 2 aliphatic heterocycles. The summed E-state index contributed by atoms with van der Waals surface area (Å²) in [5, 5.41) is 110. The van der Waals surface area contributed by atoms with Crippen molar-refractivity contribution in [2.24, 2.45) is 5.92 Å². The highest BCUT2D eigenvalue weighted by Gasteiger charge is 2.58. The minimum atomic E-state index is -5.74. The molecule has 19 unspecified atom stereocenters. The lowest BCUT2D eigenvalue weighted by Crippen LogP contribution is -2.69. The highest BCUT2D eigenvalue weighted by molar-refractivity contribution is 7.47. The Labute approximate surface area is 603 Å². The zero-order valence-corrected chi connectivity index (χ0v) is 62.5. The van der Waals surface area contributed by atoms with Crippen molar-refractivity contribution in [2.75, 3.05) is 26.4 Å². The minimum absolute atomic E-state index is 0.0215. The maximum absolute atomic E-state index is 14.3. The smallest absolute Gasteiger partial charge is 0.462 e. The third-order valence-corrected chi connectivity index (χ3v) is 20.2. The van der Waals surface area contributed by atoms with Gasteiger partial charge in [0.15, 0.2) is 18.7 Å². The SMILES string of the molecule is CCCCCCCCCCCCC/C=C/C=C/C(=O)OCC1OC(OC2C(O)C(O)C(O)C(OC3OC(CO)C(O)C(O)C3O)C2OP(=O)(O)OCC(COC(=O)CCCCCCCCC(C)CCCCCCCC)OC(=O)/C=C/C=C/CCCCCCCCCCCCC)C(O)C(O)C1O. The van der Waals surface area contributed by atoms with Crippen LogP contribution in [0.5, 0.6) is 0 Å². The lowest BCUT2D eigenvalue weighted by atomic mass is 9.84. The minimum Gasteiger partial charge on any atom is -0.462 e. The predicted molar refractivity (Wildman–Crippen MR) is 383 cm³/mol. The Morgan fingerprint density at radius 1 is 0.436 bits per heavy atom. The van der Waals surface area contributed by atoms with E-state index in [4.69, 9.17) is 42.2 Å². The number of hydrogen-bond donors (Lipinski definition) is 11. The molecule has 2 heterocycles. The van der Waals surface area contributed by atoms with E-state index < -0.39 is 156 Å². The van der Waals surface area contributed by atoms with Gasteiger partial charge in [-0.1, -0.05) is 276 Å². The van der Waals surface area contributed by atoms with Crippen molar-refractivity contribution >= 4 is 25.7 Å². The number of carbonyl (C=O) groups excluding carboxylic acids is 3. The van der Waals surface area contributed by atoms with Crippen molar-refractivity contribution < 1.29 is 117 Å². The van der Waals surface area contributed by atoms with Gasteiger partial charge in [-0.3, -0.25) is 13.8 Å². The first-order valence-corrected chi connectivity index (χ1v) is 40.4. The normalized spacial score (nSPS) is 27.8. The van der Waals surface area contributed by atoms with Gasteiger partial charge in [0.25, 0.3) is 0 Å². The number of esters is 3. The van der Waals surface area contributed by atoms with Gasteiger partial charge in [-0.2, -0.15) is 0 Å². The fraction of sp³-hybridized carbons (Fsp3) is 0.855. The number of phosphoric acid groups is 1. The predicted octanol–water partition coefficient (Wildman–Crippen LogP) is 11.1. The lowest BCUT2D eigenvalue weighted by Gasteiger charge is -2.49. The maximum Gasteiger partial charge on any atom is 0.472 e. The van der Waals surface area contributed by atoms with Crippen LogP contribution >= 0.6 is 7.82 Å². The maximum atomic E-state index is 14.3. The van der Waals surface area contributed by atoms with Crippen LogP contribution in [0.25, 0.3) is 0 Å². The van der Waals surface area contributed by atoms with Gasteiger partial charge in [0.05, 0.1) is 13.2 Å². The Balaban J connectivity index is 1.77. The molecule has 3 rings (SSSR count). The fourth-order valence-electron chi connectivity index (χ4n) is 12.8. The molecule has 25 heteroatoms. The van der Waals surface area contributed by atoms with Crippen LogP contribution in [0.2, 0.25) is 0 Å². The number of allylic oxidation sites excluding steroid dienone is 6. The number of ether oxygens (including phenoxy) is 7. The first kappa shape index (κ1) is 92.1. The molecule has 0 aromatic heterocycles. The van der Waals surface area contributed by atoms with Crippen LogP contribution in [-0.4, -0.2) is 204 Å². The van der Waals surface area contributed by atoms with Crippen LogP contribution in [0.4, 0.5) is 0 Å². The summed E-state index contributed by atoms with van der Waals surface area (Å²) in [6.07, 6.45) is 20.2. The van der Waals surface area contributed by atoms with Crippen molar-refractivity contribution in [3.8, 4) is 0 Å². The molecule has 0 spiro atoms. The number of phosphoric ester groups is 1. The first-order valence-electron chi connectivity index (χ1n) is 38.9. The zero-order valence-electron chi connectivity index (χ0n) is 61.6. The van der Waals surface area contributed by atoms with E-state index in [0.29, 0.717) is 12.3 Å². The van der Waals surface area contributed by atoms with Crippen molar-refractivity contribution in [3.63, 3.8) is 0 Å². The van der Waals surface area contributed by atoms with Crippen molar-refractivity contribution in [2.45, 2.75) is 382 Å². The number of aliphatic hydroxyl groups excluding tert-OH is 10. The van der Waals surface area contributed by atoms with Gasteiger partial charge in [0, 0.05) is 18.6 Å². The monoisotopic (exact) mass is 1460 g/mol. The molecular formula is C76H135O24P. The summed E-state index contributed by atoms with van der Waals surface area (Å²) in [5.41, 5.74) is 0. The molecule has 2 saturated heterocycles. The molecule has 3 aliphatic rings. The van der Waals surface area contributed by atoms with Crippen LogP contribution in [0.1, 0.15) is 278 Å². The third kappa shape index (κ3) is 39.4. The second-order valence-electron chi connectivity index (χ2n) is 28.1. The summed E-state index contributed by atoms with van der Waals surface area (Å²) < 4.78 is 64.7. The molecule has 0 bridgehead atoms. The van der Waals surface area contributed by atoms with Gasteiger partial charge in [0.2, 0.25) is 0 Å². The molecule has 101 heavy (non-hydrogen) atoms. The Kier molecular flexibility index (Phi) is 51.3. The van der Waals surface area contributed by atoms with Crippen molar-refractivity contribution in [1.82, 2.24) is 0 Å². The molecule has 588 valence electrons. The molecule has 3 fully saturated rings. The van der Waals surface area contributed by atoms with E-state index in [1.807, 2.05) is 12.2 Å². The molecule has 1 saturated carbocycles. The van der Waals surface area contributed by atoms with Crippen LogP contribution < -0.4 is 0 Å². The summed E-state index contributed by atoms with van der Waals surface area (Å²) in [5.74, 6) is -1.79. The summed E-state index contributed by atoms with van der Waals surface area (Å²) >= 11 is 0. The van der Waals surface area contributed by atoms with Crippen LogP contribution in [-0.2, 0) is 61.2 Å². The van der Waals surface area contributed by atoms with E-state index in [1.165, 1.54) is 166 Å². The van der Waals surface area contributed by atoms with Gasteiger partial charge in [-0.15, -0.1) is 0 Å². The summed E-state index contributed by atoms with van der Waals surface area (Å²) in [4.78, 5) is 50.9. The first-order chi connectivity index (χ1) is 48.7. The van der Waals surface area contributed by atoms with Gasteiger partial charge in [0.1, 0.15) is 98.7 Å². The number of aliphatic hydroxyl groups is 10. The molecule has 0 amide bonds. The van der Waals surface area contributed by atoms with E-state index in [-0.39, 0.29) is 6.42 Å². The summed E-state index contributed by atoms with van der Waals surface area (Å²) in [6, 6.07) is 0. The van der Waals surface area contributed by atoms with Crippen LogP contribution in [0.15, 0.2) is 48.6 Å². The molecule has 0 aromatic carbocycles. The number of carbonyl (C=O) groups is 3. The molecule has 0 aromatic rings. The molecule has 0 radical (unpaired) electrons. The Hall–Kier alpha value is -3.08. The van der Waals surface area contributed by atoms with E-state index in [0.717, 1.165) is 95.6 Å². The Morgan fingerprint density at radius 2 is 0.822 bits per heavy atom. The second kappa shape index (κ2) is 56.2. The van der Waals surface area contributed by atoms with E-state index in [2.05, 4.69) is 27.7 Å². The van der Waals surface area contributed by atoms with Gasteiger partial charge in [-0.25, -0.2) is 14.2 Å². The molecule has 24 nitrogen and oxygen atoms in total. The zero-order chi connectivity index (χ0) is 74.1. The average Bonchev–Trinajstić information content (AvgIpc) is 0.760.